The zero-order valence-electron chi connectivity index (χ0n) is 13.1. The third kappa shape index (κ3) is 4.70. The number of halogens is 1. The van der Waals surface area contributed by atoms with Crippen molar-refractivity contribution in [3.8, 4) is 5.75 Å². The first kappa shape index (κ1) is 16.7. The van der Waals surface area contributed by atoms with Crippen LogP contribution in [0.5, 0.6) is 5.75 Å². The lowest BCUT2D eigenvalue weighted by Gasteiger charge is -2.38. The van der Waals surface area contributed by atoms with Crippen LogP contribution >= 0.6 is 0 Å². The molecule has 0 saturated carbocycles. The molecule has 22 heavy (non-hydrogen) atoms. The number of hydrogen-bond acceptors (Lipinski definition) is 3. The monoisotopic (exact) mass is 308 g/mol. The quantitative estimate of drug-likeness (QED) is 0.822. The molecule has 0 radical (unpaired) electrons. The molecule has 0 spiro atoms. The van der Waals surface area contributed by atoms with Gasteiger partial charge in [0.25, 0.3) is 0 Å². The van der Waals surface area contributed by atoms with E-state index in [0.29, 0.717) is 25.2 Å². The zero-order chi connectivity index (χ0) is 15.9. The van der Waals surface area contributed by atoms with Crippen molar-refractivity contribution in [3.63, 3.8) is 0 Å². The van der Waals surface area contributed by atoms with Gasteiger partial charge in [0.2, 0.25) is 5.91 Å². The van der Waals surface area contributed by atoms with Gasteiger partial charge in [0.15, 0.2) is 0 Å². The molecule has 2 rings (SSSR count). The number of hydrogen-bond donors (Lipinski definition) is 1. The Bertz CT molecular complexity index is 476. The average Bonchev–Trinajstić information content (AvgIpc) is 2.53. The van der Waals surface area contributed by atoms with Gasteiger partial charge in [-0.15, -0.1) is 0 Å². The fourth-order valence-corrected chi connectivity index (χ4v) is 2.90. The summed E-state index contributed by atoms with van der Waals surface area (Å²) in [6, 6.07) is 6.09. The third-order valence-corrected chi connectivity index (χ3v) is 4.09. The van der Waals surface area contributed by atoms with Crippen LogP contribution in [0, 0.1) is 5.82 Å². The summed E-state index contributed by atoms with van der Waals surface area (Å²) < 4.78 is 18.3. The van der Waals surface area contributed by atoms with E-state index in [2.05, 4.69) is 0 Å². The number of likely N-dealkylation sites (tertiary alicyclic amines) is 1. The van der Waals surface area contributed by atoms with Crippen molar-refractivity contribution < 1.29 is 13.9 Å². The number of nitrogens with zero attached hydrogens (tertiary/aromatic N) is 1. The van der Waals surface area contributed by atoms with Gasteiger partial charge in [0, 0.05) is 25.0 Å². The van der Waals surface area contributed by atoms with Crippen LogP contribution in [0.25, 0.3) is 0 Å². The number of carbonyl (C=O) groups excluding carboxylic acids is 1. The van der Waals surface area contributed by atoms with E-state index in [9.17, 15) is 9.18 Å². The lowest BCUT2D eigenvalue weighted by atomic mass is 9.96. The molecule has 1 saturated heterocycles. The highest BCUT2D eigenvalue weighted by atomic mass is 19.1. The zero-order valence-corrected chi connectivity index (χ0v) is 13.1. The van der Waals surface area contributed by atoms with Crippen LogP contribution in [-0.2, 0) is 4.79 Å². The van der Waals surface area contributed by atoms with E-state index < -0.39 is 0 Å². The average molecular weight is 308 g/mol. The Labute approximate surface area is 131 Å². The molecule has 1 fully saturated rings. The van der Waals surface area contributed by atoms with Crippen LogP contribution in [0.15, 0.2) is 24.3 Å². The first-order valence-corrected chi connectivity index (χ1v) is 8.01. The van der Waals surface area contributed by atoms with E-state index in [4.69, 9.17) is 10.5 Å². The lowest BCUT2D eigenvalue weighted by Crippen LogP contribution is -2.51. The second kappa shape index (κ2) is 8.13. The van der Waals surface area contributed by atoms with Gasteiger partial charge in [-0.2, -0.15) is 0 Å². The predicted molar refractivity (Wildman–Crippen MR) is 84.1 cm³/mol. The van der Waals surface area contributed by atoms with Gasteiger partial charge >= 0.3 is 0 Å². The number of nitrogens with two attached hydrogens (primary N) is 1. The standard InChI is InChI=1S/C17H25FN2O2/c1-13(19)16-5-2-3-11-20(16)17(21)6-4-12-22-15-9-7-14(18)8-10-15/h7-10,13,16H,2-6,11-12,19H2,1H3. The van der Waals surface area contributed by atoms with Gasteiger partial charge in [0.05, 0.1) is 6.61 Å². The molecule has 0 bridgehead atoms. The SMILES string of the molecule is CC(N)C1CCCCN1C(=O)CCCOc1ccc(F)cc1. The Balaban J connectivity index is 1.73. The Kier molecular flexibility index (Phi) is 6.19. The third-order valence-electron chi connectivity index (χ3n) is 4.09. The summed E-state index contributed by atoms with van der Waals surface area (Å²) in [4.78, 5) is 14.3. The molecule has 0 aliphatic carbocycles. The van der Waals surface area contributed by atoms with Gasteiger partial charge in [-0.05, 0) is 56.9 Å². The van der Waals surface area contributed by atoms with Crippen molar-refractivity contribution in [2.24, 2.45) is 5.73 Å². The fraction of sp³-hybridized carbons (Fsp3) is 0.588. The fourth-order valence-electron chi connectivity index (χ4n) is 2.90. The molecular formula is C17H25FN2O2. The van der Waals surface area contributed by atoms with Crippen LogP contribution in [0.4, 0.5) is 4.39 Å². The Morgan fingerprint density at radius 1 is 1.41 bits per heavy atom. The van der Waals surface area contributed by atoms with Crippen molar-refractivity contribution in [2.75, 3.05) is 13.2 Å². The highest BCUT2D eigenvalue weighted by Crippen LogP contribution is 2.20. The topological polar surface area (TPSA) is 55.6 Å². The summed E-state index contributed by atoms with van der Waals surface area (Å²) in [6.07, 6.45) is 4.31. The summed E-state index contributed by atoms with van der Waals surface area (Å²) in [5, 5.41) is 0. The van der Waals surface area contributed by atoms with Gasteiger partial charge < -0.3 is 15.4 Å². The minimum atomic E-state index is -0.283. The van der Waals surface area contributed by atoms with Crippen LogP contribution in [0.1, 0.15) is 39.0 Å². The van der Waals surface area contributed by atoms with E-state index in [-0.39, 0.29) is 23.8 Å². The smallest absolute Gasteiger partial charge is 0.222 e. The molecule has 1 aliphatic heterocycles. The molecule has 4 nitrogen and oxygen atoms in total. The van der Waals surface area contributed by atoms with Gasteiger partial charge in [0.1, 0.15) is 11.6 Å². The summed E-state index contributed by atoms with van der Waals surface area (Å²) in [7, 11) is 0. The van der Waals surface area contributed by atoms with E-state index in [0.717, 1.165) is 25.8 Å². The number of carbonyl (C=O) groups is 1. The maximum Gasteiger partial charge on any atom is 0.222 e. The van der Waals surface area contributed by atoms with Gasteiger partial charge in [-0.3, -0.25) is 4.79 Å². The summed E-state index contributed by atoms with van der Waals surface area (Å²) in [5.74, 6) is 0.500. The second-order valence-electron chi connectivity index (χ2n) is 5.92. The van der Waals surface area contributed by atoms with Crippen molar-refractivity contribution in [2.45, 2.75) is 51.1 Å². The largest absolute Gasteiger partial charge is 0.494 e. The molecule has 0 aromatic heterocycles. The van der Waals surface area contributed by atoms with Crippen LogP contribution in [0.3, 0.4) is 0 Å². The van der Waals surface area contributed by atoms with Crippen LogP contribution < -0.4 is 10.5 Å². The molecule has 2 atom stereocenters. The van der Waals surface area contributed by atoms with Crippen molar-refractivity contribution in [1.29, 1.82) is 0 Å². The minimum Gasteiger partial charge on any atom is -0.494 e. The van der Waals surface area contributed by atoms with Gasteiger partial charge in [-0.1, -0.05) is 0 Å². The van der Waals surface area contributed by atoms with E-state index >= 15 is 0 Å². The van der Waals surface area contributed by atoms with E-state index in [1.54, 1.807) is 12.1 Å². The molecule has 1 amide bonds. The second-order valence-corrected chi connectivity index (χ2v) is 5.92. The predicted octanol–water partition coefficient (Wildman–Crippen LogP) is 2.71. The Morgan fingerprint density at radius 3 is 2.82 bits per heavy atom. The van der Waals surface area contributed by atoms with Crippen molar-refractivity contribution in [3.05, 3.63) is 30.1 Å². The first-order valence-electron chi connectivity index (χ1n) is 8.01. The summed E-state index contributed by atoms with van der Waals surface area (Å²) in [5.41, 5.74) is 5.99. The van der Waals surface area contributed by atoms with Crippen LogP contribution in [0.2, 0.25) is 0 Å². The van der Waals surface area contributed by atoms with E-state index in [1.165, 1.54) is 12.1 Å². The number of benzene rings is 1. The van der Waals surface area contributed by atoms with Crippen molar-refractivity contribution in [1.82, 2.24) is 4.90 Å². The molecule has 1 aromatic carbocycles. The number of rotatable bonds is 6. The number of piperidine rings is 1. The molecule has 1 heterocycles. The highest BCUT2D eigenvalue weighted by Gasteiger charge is 2.28. The molecule has 2 N–H and O–H groups in total. The highest BCUT2D eigenvalue weighted by molar-refractivity contribution is 5.76. The summed E-state index contributed by atoms with van der Waals surface area (Å²) >= 11 is 0. The maximum absolute atomic E-state index is 12.8. The van der Waals surface area contributed by atoms with Gasteiger partial charge in [-0.25, -0.2) is 4.39 Å². The normalized spacial score (nSPS) is 19.8. The molecule has 5 heteroatoms. The van der Waals surface area contributed by atoms with Crippen LogP contribution in [-0.4, -0.2) is 36.0 Å². The molecule has 2 unspecified atom stereocenters. The van der Waals surface area contributed by atoms with Crippen molar-refractivity contribution >= 4 is 5.91 Å². The first-order chi connectivity index (χ1) is 10.6. The maximum atomic E-state index is 12.8. The lowest BCUT2D eigenvalue weighted by molar-refractivity contribution is -0.135. The summed E-state index contributed by atoms with van der Waals surface area (Å²) in [6.45, 7) is 3.23. The number of ether oxygens (including phenoxy) is 1. The molecular weight excluding hydrogens is 283 g/mol. The Hall–Kier alpha value is -1.62. The molecule has 1 aliphatic rings. The Morgan fingerprint density at radius 2 is 2.14 bits per heavy atom. The molecule has 1 aromatic rings. The molecule has 122 valence electrons. The van der Waals surface area contributed by atoms with E-state index in [1.807, 2.05) is 11.8 Å². The minimum absolute atomic E-state index is 0.0136. The number of amides is 1.